The summed E-state index contributed by atoms with van der Waals surface area (Å²) in [4.78, 5) is 26.1. The molecule has 0 radical (unpaired) electrons. The molecular formula is C18H25NO3S2. The SMILES string of the molecule is C=CCN(CC=COC(=O)C(=C)C)C(=O)C1(CC=C)SCCCS1. The van der Waals surface area contributed by atoms with Crippen molar-refractivity contribution in [1.82, 2.24) is 4.90 Å². The number of carbonyl (C=O) groups is 2. The molecule has 0 N–H and O–H groups in total. The Labute approximate surface area is 153 Å². The van der Waals surface area contributed by atoms with Gasteiger partial charge in [-0.25, -0.2) is 4.79 Å². The monoisotopic (exact) mass is 367 g/mol. The fraction of sp³-hybridized carbons (Fsp3) is 0.444. The fourth-order valence-electron chi connectivity index (χ4n) is 2.11. The van der Waals surface area contributed by atoms with Crippen LogP contribution in [0.2, 0.25) is 0 Å². The molecule has 1 aliphatic rings. The van der Waals surface area contributed by atoms with Crippen LogP contribution in [0.1, 0.15) is 19.8 Å². The van der Waals surface area contributed by atoms with Crippen molar-refractivity contribution < 1.29 is 14.3 Å². The third-order valence-electron chi connectivity index (χ3n) is 3.28. The Bertz CT molecular complexity index is 522. The first-order valence-corrected chi connectivity index (χ1v) is 9.74. The maximum atomic E-state index is 13.1. The van der Waals surface area contributed by atoms with Gasteiger partial charge in [-0.1, -0.05) is 18.7 Å². The maximum Gasteiger partial charge on any atom is 0.337 e. The van der Waals surface area contributed by atoms with Crippen LogP contribution < -0.4 is 0 Å². The van der Waals surface area contributed by atoms with E-state index in [1.54, 1.807) is 53.6 Å². The highest BCUT2D eigenvalue weighted by Gasteiger charge is 2.42. The van der Waals surface area contributed by atoms with Crippen molar-refractivity contribution in [3.05, 3.63) is 49.8 Å². The molecule has 0 atom stereocenters. The van der Waals surface area contributed by atoms with Crippen molar-refractivity contribution in [2.24, 2.45) is 0 Å². The van der Waals surface area contributed by atoms with E-state index >= 15 is 0 Å². The first-order valence-electron chi connectivity index (χ1n) is 7.77. The topological polar surface area (TPSA) is 46.6 Å². The van der Waals surface area contributed by atoms with Gasteiger partial charge in [0.15, 0.2) is 0 Å². The van der Waals surface area contributed by atoms with Crippen molar-refractivity contribution in [3.63, 3.8) is 0 Å². The summed E-state index contributed by atoms with van der Waals surface area (Å²) in [6.07, 6.45) is 8.21. The van der Waals surface area contributed by atoms with E-state index in [-0.39, 0.29) is 5.91 Å². The van der Waals surface area contributed by atoms with Gasteiger partial charge >= 0.3 is 5.97 Å². The second-order valence-electron chi connectivity index (χ2n) is 5.35. The molecule has 0 spiro atoms. The maximum absolute atomic E-state index is 13.1. The van der Waals surface area contributed by atoms with Gasteiger partial charge in [0.1, 0.15) is 4.08 Å². The Morgan fingerprint density at radius 1 is 1.21 bits per heavy atom. The summed E-state index contributed by atoms with van der Waals surface area (Å²) in [7, 11) is 0. The molecule has 0 aromatic heterocycles. The van der Waals surface area contributed by atoms with Gasteiger partial charge in [0.05, 0.1) is 6.26 Å². The Balaban J connectivity index is 2.77. The van der Waals surface area contributed by atoms with E-state index in [9.17, 15) is 9.59 Å². The lowest BCUT2D eigenvalue weighted by molar-refractivity contribution is -0.133. The molecule has 0 aromatic carbocycles. The lowest BCUT2D eigenvalue weighted by Crippen LogP contribution is -2.46. The summed E-state index contributed by atoms with van der Waals surface area (Å²) in [5.74, 6) is 1.53. The summed E-state index contributed by atoms with van der Waals surface area (Å²) < 4.78 is 4.41. The minimum atomic E-state index is -0.509. The number of nitrogens with zero attached hydrogens (tertiary/aromatic N) is 1. The van der Waals surface area contributed by atoms with Gasteiger partial charge in [-0.3, -0.25) is 4.79 Å². The highest BCUT2D eigenvalue weighted by atomic mass is 32.2. The molecule has 0 aromatic rings. The number of allylic oxidation sites excluding steroid dienone is 1. The number of ether oxygens (including phenoxy) is 1. The molecule has 0 bridgehead atoms. The molecular weight excluding hydrogens is 342 g/mol. The van der Waals surface area contributed by atoms with Crippen LogP contribution in [0.3, 0.4) is 0 Å². The van der Waals surface area contributed by atoms with Crippen molar-refractivity contribution >= 4 is 35.4 Å². The van der Waals surface area contributed by atoms with Crippen LogP contribution >= 0.6 is 23.5 Å². The number of esters is 1. The van der Waals surface area contributed by atoms with Gasteiger partial charge in [-0.15, -0.1) is 36.7 Å². The molecule has 1 rings (SSSR count). The van der Waals surface area contributed by atoms with E-state index in [1.165, 1.54) is 6.26 Å². The van der Waals surface area contributed by atoms with Crippen molar-refractivity contribution in [1.29, 1.82) is 0 Å². The van der Waals surface area contributed by atoms with Crippen LogP contribution in [-0.4, -0.2) is 45.5 Å². The summed E-state index contributed by atoms with van der Waals surface area (Å²) in [5.41, 5.74) is 0.332. The molecule has 24 heavy (non-hydrogen) atoms. The second-order valence-corrected chi connectivity index (χ2v) is 8.40. The Hall–Kier alpha value is -1.40. The Morgan fingerprint density at radius 3 is 2.42 bits per heavy atom. The first kappa shape index (κ1) is 20.6. The zero-order chi connectivity index (χ0) is 18.0. The lowest BCUT2D eigenvalue weighted by atomic mass is 10.2. The molecule has 1 heterocycles. The molecule has 6 heteroatoms. The third-order valence-corrected chi connectivity index (χ3v) is 6.59. The van der Waals surface area contributed by atoms with E-state index < -0.39 is 10.0 Å². The average molecular weight is 368 g/mol. The van der Waals surface area contributed by atoms with Gasteiger partial charge in [0.2, 0.25) is 5.91 Å². The van der Waals surface area contributed by atoms with Gasteiger partial charge in [0.25, 0.3) is 0 Å². The largest absolute Gasteiger partial charge is 0.431 e. The number of hydrogen-bond acceptors (Lipinski definition) is 5. The normalized spacial score (nSPS) is 16.4. The Morgan fingerprint density at radius 2 is 1.88 bits per heavy atom. The van der Waals surface area contributed by atoms with E-state index in [2.05, 4.69) is 19.7 Å². The van der Waals surface area contributed by atoms with Crippen molar-refractivity contribution in [2.75, 3.05) is 24.6 Å². The Kier molecular flexibility index (Phi) is 9.00. The molecule has 1 saturated heterocycles. The predicted molar refractivity (Wildman–Crippen MR) is 104 cm³/mol. The molecule has 0 aliphatic carbocycles. The third kappa shape index (κ3) is 5.91. The molecule has 0 saturated carbocycles. The molecule has 4 nitrogen and oxygen atoms in total. The second kappa shape index (κ2) is 10.5. The number of thioether (sulfide) groups is 2. The standard InChI is InChI=1S/C18H25NO3S2/c1-5-9-18(23-13-8-14-24-18)17(21)19(10-6-2)11-7-12-22-16(20)15(3)4/h5-7,12H,1-3,8-11,13-14H2,4H3. The van der Waals surface area contributed by atoms with Crippen LogP contribution in [0, 0.1) is 0 Å². The highest BCUT2D eigenvalue weighted by molar-refractivity contribution is 8.19. The zero-order valence-electron chi connectivity index (χ0n) is 14.2. The lowest BCUT2D eigenvalue weighted by Gasteiger charge is -2.37. The van der Waals surface area contributed by atoms with Crippen LogP contribution in [0.5, 0.6) is 0 Å². The number of amides is 1. The summed E-state index contributed by atoms with van der Waals surface area (Å²) in [5, 5.41) is 0. The highest BCUT2D eigenvalue weighted by Crippen LogP contribution is 2.46. The van der Waals surface area contributed by atoms with Crippen LogP contribution in [0.4, 0.5) is 0 Å². The molecule has 132 valence electrons. The molecule has 0 unspecified atom stereocenters. The zero-order valence-corrected chi connectivity index (χ0v) is 15.8. The number of hydrogen-bond donors (Lipinski definition) is 0. The quantitative estimate of drug-likeness (QED) is 0.269. The van der Waals surface area contributed by atoms with Gasteiger partial charge in [0, 0.05) is 18.7 Å². The summed E-state index contributed by atoms with van der Waals surface area (Å²) in [6.45, 7) is 13.4. The summed E-state index contributed by atoms with van der Waals surface area (Å²) >= 11 is 3.38. The molecule has 1 aliphatic heterocycles. The smallest absolute Gasteiger partial charge is 0.337 e. The predicted octanol–water partition coefficient (Wildman–Crippen LogP) is 3.78. The summed E-state index contributed by atoms with van der Waals surface area (Å²) in [6, 6.07) is 0. The number of carbonyl (C=O) groups excluding carboxylic acids is 2. The van der Waals surface area contributed by atoms with Gasteiger partial charge < -0.3 is 9.64 Å². The minimum Gasteiger partial charge on any atom is -0.431 e. The van der Waals surface area contributed by atoms with E-state index in [4.69, 9.17) is 4.74 Å². The average Bonchev–Trinajstić information content (AvgIpc) is 2.57. The molecule has 1 fully saturated rings. The van der Waals surface area contributed by atoms with Gasteiger partial charge in [-0.2, -0.15) is 0 Å². The fourth-order valence-corrected chi connectivity index (χ4v) is 5.34. The van der Waals surface area contributed by atoms with Crippen molar-refractivity contribution in [3.8, 4) is 0 Å². The van der Waals surface area contributed by atoms with Crippen LogP contribution in [0.25, 0.3) is 0 Å². The van der Waals surface area contributed by atoms with Crippen molar-refractivity contribution in [2.45, 2.75) is 23.8 Å². The number of rotatable bonds is 9. The van der Waals surface area contributed by atoms with Crippen LogP contribution in [0.15, 0.2) is 49.8 Å². The van der Waals surface area contributed by atoms with E-state index in [0.717, 1.165) is 17.9 Å². The van der Waals surface area contributed by atoms with E-state index in [0.29, 0.717) is 25.1 Å². The van der Waals surface area contributed by atoms with E-state index in [1.807, 2.05) is 0 Å². The minimum absolute atomic E-state index is 0.0628. The van der Waals surface area contributed by atoms with Crippen LogP contribution in [-0.2, 0) is 14.3 Å². The van der Waals surface area contributed by atoms with Gasteiger partial charge in [-0.05, 0) is 37.3 Å². The first-order chi connectivity index (χ1) is 11.5. The molecule has 1 amide bonds.